The van der Waals surface area contributed by atoms with Gasteiger partial charge in [-0.1, -0.05) is 12.1 Å². The highest BCUT2D eigenvalue weighted by atomic mass is 32.1. The molecule has 1 aromatic heterocycles. The number of carbonyl (C=O) groups is 1. The normalized spacial score (nSPS) is 16.2. The zero-order valence-corrected chi connectivity index (χ0v) is 12.8. The molecule has 5 nitrogen and oxygen atoms in total. The summed E-state index contributed by atoms with van der Waals surface area (Å²) in [5.41, 5.74) is 1.90. The van der Waals surface area contributed by atoms with Gasteiger partial charge in [0.25, 0.3) is 5.91 Å². The van der Waals surface area contributed by atoms with Gasteiger partial charge in [0.2, 0.25) is 0 Å². The maximum Gasteiger partial charge on any atom is 0.281 e. The number of ether oxygens (including phenoxy) is 1. The number of hydrogen-bond acceptors (Lipinski definition) is 3. The highest BCUT2D eigenvalue weighted by Crippen LogP contribution is 2.31. The topological polar surface area (TPSA) is 57.4 Å². The molecule has 1 aliphatic rings. The fourth-order valence-electron chi connectivity index (χ4n) is 2.26. The summed E-state index contributed by atoms with van der Waals surface area (Å²) >= 11 is 5.30. The lowest BCUT2D eigenvalue weighted by Crippen LogP contribution is -2.30. The molecule has 0 bridgehead atoms. The van der Waals surface area contributed by atoms with E-state index in [1.54, 1.807) is 12.3 Å². The molecule has 22 heavy (non-hydrogen) atoms. The van der Waals surface area contributed by atoms with Gasteiger partial charge in [0.15, 0.2) is 5.11 Å². The van der Waals surface area contributed by atoms with Crippen LogP contribution in [0.4, 0.5) is 5.69 Å². The number of nitrogens with one attached hydrogen (secondary N) is 2. The van der Waals surface area contributed by atoms with Crippen LogP contribution in [-0.2, 0) is 4.79 Å². The van der Waals surface area contributed by atoms with E-state index in [1.165, 1.54) is 4.90 Å². The second-order valence-electron chi connectivity index (χ2n) is 4.65. The largest absolute Gasteiger partial charge is 0.492 e. The van der Waals surface area contributed by atoms with E-state index < -0.39 is 0 Å². The van der Waals surface area contributed by atoms with Crippen molar-refractivity contribution in [2.75, 3.05) is 11.5 Å². The second-order valence-corrected chi connectivity index (χ2v) is 5.04. The molecule has 1 fully saturated rings. The summed E-state index contributed by atoms with van der Waals surface area (Å²) < 4.78 is 5.58. The minimum atomic E-state index is -0.202. The third-order valence-electron chi connectivity index (χ3n) is 3.21. The van der Waals surface area contributed by atoms with Crippen LogP contribution in [-0.4, -0.2) is 22.6 Å². The van der Waals surface area contributed by atoms with Gasteiger partial charge in [-0.2, -0.15) is 0 Å². The van der Waals surface area contributed by atoms with Crippen LogP contribution >= 0.6 is 12.2 Å². The summed E-state index contributed by atoms with van der Waals surface area (Å²) in [6.45, 7) is 2.42. The van der Waals surface area contributed by atoms with E-state index in [0.29, 0.717) is 28.9 Å². The maximum absolute atomic E-state index is 12.6. The van der Waals surface area contributed by atoms with Gasteiger partial charge in [-0.05, 0) is 49.5 Å². The number of nitrogens with zero attached hydrogens (tertiary/aromatic N) is 1. The molecule has 3 rings (SSSR count). The van der Waals surface area contributed by atoms with Gasteiger partial charge in [-0.15, -0.1) is 0 Å². The van der Waals surface area contributed by atoms with E-state index in [1.807, 2.05) is 43.3 Å². The Morgan fingerprint density at radius 3 is 2.82 bits per heavy atom. The third-order valence-corrected chi connectivity index (χ3v) is 3.49. The summed E-state index contributed by atoms with van der Waals surface area (Å²) in [6.07, 6.45) is 3.53. The molecular formula is C16H15N3O2S. The first kappa shape index (κ1) is 14.3. The summed E-state index contributed by atoms with van der Waals surface area (Å²) in [5.74, 6) is 0.426. The smallest absolute Gasteiger partial charge is 0.281 e. The van der Waals surface area contributed by atoms with E-state index in [2.05, 4.69) is 10.3 Å². The predicted octanol–water partition coefficient (Wildman–Crippen LogP) is 2.68. The van der Waals surface area contributed by atoms with Crippen molar-refractivity contribution in [2.24, 2.45) is 0 Å². The van der Waals surface area contributed by atoms with Gasteiger partial charge in [-0.25, -0.2) is 4.90 Å². The van der Waals surface area contributed by atoms with Crippen molar-refractivity contribution in [1.82, 2.24) is 10.3 Å². The average molecular weight is 313 g/mol. The molecule has 0 saturated carbocycles. The van der Waals surface area contributed by atoms with Crippen LogP contribution in [0.25, 0.3) is 6.08 Å². The molecule has 0 aliphatic carbocycles. The van der Waals surface area contributed by atoms with E-state index in [0.717, 1.165) is 5.69 Å². The van der Waals surface area contributed by atoms with Crippen LogP contribution in [0, 0.1) is 0 Å². The minimum Gasteiger partial charge on any atom is -0.492 e. The Labute approximate surface area is 133 Å². The summed E-state index contributed by atoms with van der Waals surface area (Å²) in [4.78, 5) is 17.1. The number of para-hydroxylation sites is 2. The second kappa shape index (κ2) is 6.03. The molecule has 6 heteroatoms. The molecule has 1 amide bonds. The van der Waals surface area contributed by atoms with Crippen LogP contribution in [0.15, 0.2) is 48.3 Å². The number of H-pyrrole nitrogens is 1. The Morgan fingerprint density at radius 2 is 2.09 bits per heavy atom. The van der Waals surface area contributed by atoms with Gasteiger partial charge in [0.1, 0.15) is 11.4 Å². The van der Waals surface area contributed by atoms with Crippen molar-refractivity contribution in [3.05, 3.63) is 54.0 Å². The van der Waals surface area contributed by atoms with E-state index in [-0.39, 0.29) is 5.91 Å². The minimum absolute atomic E-state index is 0.202. The summed E-state index contributed by atoms with van der Waals surface area (Å²) in [6, 6.07) is 11.1. The Balaban J connectivity index is 1.96. The molecule has 112 valence electrons. The Bertz CT molecular complexity index is 738. The van der Waals surface area contributed by atoms with E-state index in [4.69, 9.17) is 17.0 Å². The standard InChI is InChI=1S/C16H15N3O2S/c1-2-21-14-8-4-3-7-13(14)19-15(20)12(18-16(19)22)10-11-6-5-9-17-11/h3-10,17H,2H2,1H3,(H,18,22)/b12-10+. The van der Waals surface area contributed by atoms with Crippen LogP contribution < -0.4 is 15.0 Å². The number of anilines is 1. The molecule has 2 aromatic rings. The van der Waals surface area contributed by atoms with Crippen molar-refractivity contribution >= 4 is 35.0 Å². The zero-order valence-electron chi connectivity index (χ0n) is 12.0. The number of thiocarbonyl (C=S) groups is 1. The first-order valence-electron chi connectivity index (χ1n) is 6.93. The molecule has 0 radical (unpaired) electrons. The van der Waals surface area contributed by atoms with Gasteiger partial charge in [0, 0.05) is 11.9 Å². The number of aromatic nitrogens is 1. The van der Waals surface area contributed by atoms with Gasteiger partial charge < -0.3 is 15.0 Å². The molecule has 2 heterocycles. The van der Waals surface area contributed by atoms with E-state index >= 15 is 0 Å². The molecule has 1 aromatic carbocycles. The molecule has 1 saturated heterocycles. The summed E-state index contributed by atoms with van der Waals surface area (Å²) in [7, 11) is 0. The molecule has 1 aliphatic heterocycles. The monoisotopic (exact) mass is 313 g/mol. The zero-order chi connectivity index (χ0) is 15.5. The van der Waals surface area contributed by atoms with Crippen molar-refractivity contribution in [3.8, 4) is 5.75 Å². The maximum atomic E-state index is 12.6. The average Bonchev–Trinajstić information content (AvgIpc) is 3.10. The van der Waals surface area contributed by atoms with E-state index in [9.17, 15) is 4.79 Å². The highest BCUT2D eigenvalue weighted by Gasteiger charge is 2.33. The SMILES string of the molecule is CCOc1ccccc1N1C(=O)/C(=C\c2ccc[nH]2)NC1=S. The van der Waals surface area contributed by atoms with Crippen molar-refractivity contribution in [2.45, 2.75) is 6.92 Å². The quantitative estimate of drug-likeness (QED) is 0.673. The molecule has 0 unspecified atom stereocenters. The third kappa shape index (κ3) is 2.60. The predicted molar refractivity (Wildman–Crippen MR) is 89.6 cm³/mol. The molecule has 0 spiro atoms. The van der Waals surface area contributed by atoms with Gasteiger partial charge >= 0.3 is 0 Å². The molecular weight excluding hydrogens is 298 g/mol. The fraction of sp³-hybridized carbons (Fsp3) is 0.125. The molecule has 0 atom stereocenters. The number of amides is 1. The number of carbonyl (C=O) groups excluding carboxylic acids is 1. The van der Waals surface area contributed by atoms with Crippen LogP contribution in [0.2, 0.25) is 0 Å². The van der Waals surface area contributed by atoms with Gasteiger partial charge in [-0.3, -0.25) is 4.79 Å². The van der Waals surface area contributed by atoms with Crippen molar-refractivity contribution < 1.29 is 9.53 Å². The fourth-order valence-corrected chi connectivity index (χ4v) is 2.55. The van der Waals surface area contributed by atoms with Crippen molar-refractivity contribution in [3.63, 3.8) is 0 Å². The number of rotatable bonds is 4. The Kier molecular flexibility index (Phi) is 3.93. The van der Waals surface area contributed by atoms with Crippen LogP contribution in [0.1, 0.15) is 12.6 Å². The number of aromatic amines is 1. The van der Waals surface area contributed by atoms with Crippen LogP contribution in [0.5, 0.6) is 5.75 Å². The lowest BCUT2D eigenvalue weighted by Gasteiger charge is -2.17. The summed E-state index contributed by atoms with van der Waals surface area (Å²) in [5, 5.41) is 3.30. The van der Waals surface area contributed by atoms with Crippen LogP contribution in [0.3, 0.4) is 0 Å². The Hall–Kier alpha value is -2.60. The molecule has 2 N–H and O–H groups in total. The lowest BCUT2D eigenvalue weighted by atomic mass is 10.2. The first-order chi connectivity index (χ1) is 10.7. The number of hydrogen-bond donors (Lipinski definition) is 2. The highest BCUT2D eigenvalue weighted by molar-refractivity contribution is 7.80. The number of benzene rings is 1. The lowest BCUT2D eigenvalue weighted by molar-refractivity contribution is -0.113. The van der Waals surface area contributed by atoms with Crippen molar-refractivity contribution in [1.29, 1.82) is 0 Å². The Morgan fingerprint density at radius 1 is 1.27 bits per heavy atom. The van der Waals surface area contributed by atoms with Gasteiger partial charge in [0.05, 0.1) is 12.3 Å². The first-order valence-corrected chi connectivity index (χ1v) is 7.34.